The monoisotopic (exact) mass is 497 g/mol. The minimum Gasteiger partial charge on any atom is -0.491 e. The molecule has 0 radical (unpaired) electrons. The number of nitrogens with one attached hydrogen (secondary N) is 1. The first-order chi connectivity index (χ1) is 17.2. The largest absolute Gasteiger partial charge is 0.491 e. The number of rotatable bonds is 5. The molecule has 3 atom stereocenters. The molecule has 0 bridgehead atoms. The lowest BCUT2D eigenvalue weighted by molar-refractivity contribution is -0.116. The summed E-state index contributed by atoms with van der Waals surface area (Å²) in [5.74, 6) is -0.333. The highest BCUT2D eigenvalue weighted by Gasteiger charge is 2.31. The maximum absolute atomic E-state index is 13.4. The summed E-state index contributed by atoms with van der Waals surface area (Å²) in [6.45, 7) is 6.63. The Hall–Kier alpha value is -3.53. The molecule has 3 rings (SSSR count). The smallest absolute Gasteiger partial charge is 0.274 e. The minimum atomic E-state index is -0.349. The van der Waals surface area contributed by atoms with Crippen LogP contribution in [0.3, 0.4) is 0 Å². The van der Waals surface area contributed by atoms with Crippen molar-refractivity contribution in [3.63, 3.8) is 0 Å². The zero-order valence-corrected chi connectivity index (χ0v) is 21.6. The van der Waals surface area contributed by atoms with Gasteiger partial charge in [0, 0.05) is 63.7 Å². The molecule has 2 aromatic rings. The van der Waals surface area contributed by atoms with Gasteiger partial charge in [0.05, 0.1) is 23.9 Å². The van der Waals surface area contributed by atoms with Crippen molar-refractivity contribution in [3.8, 4) is 5.75 Å². The number of carbonyl (C=O) groups excluding carboxylic acids is 3. The number of hydrogen-bond acceptors (Lipinski definition) is 7. The number of carbonyl (C=O) groups is 3. The normalized spacial score (nSPS) is 21.0. The van der Waals surface area contributed by atoms with Gasteiger partial charge in [-0.3, -0.25) is 19.4 Å². The van der Waals surface area contributed by atoms with E-state index < -0.39 is 0 Å². The van der Waals surface area contributed by atoms with Crippen molar-refractivity contribution in [2.45, 2.75) is 45.8 Å². The number of nitrogens with zero attached hydrogens (tertiary/aromatic N) is 4. The molecule has 0 fully saturated rings. The Balaban J connectivity index is 1.97. The third-order valence-electron chi connectivity index (χ3n) is 6.25. The van der Waals surface area contributed by atoms with Gasteiger partial charge in [-0.2, -0.15) is 0 Å². The number of amides is 3. The molecule has 1 N–H and O–H groups in total. The standard InChI is InChI=1S/C26H35N5O5/c1-6-7-24(32)29-19-8-9-20-22(12-19)36-16-18(3)31(26(34)21-13-27-10-11-28-21)14-17(2)23(35-5)15-30(4)25(20)33/h8-13,17-18,23H,6-7,14-16H2,1-5H3,(H,29,32)/t17-,18-,23-/m1/s1. The maximum atomic E-state index is 13.4. The summed E-state index contributed by atoms with van der Waals surface area (Å²) in [6.07, 6.45) is 5.26. The molecular formula is C26H35N5O5. The van der Waals surface area contributed by atoms with E-state index in [4.69, 9.17) is 9.47 Å². The van der Waals surface area contributed by atoms with E-state index in [1.165, 1.54) is 18.6 Å². The van der Waals surface area contributed by atoms with Crippen LogP contribution in [-0.4, -0.2) is 83.5 Å². The van der Waals surface area contributed by atoms with E-state index in [0.29, 0.717) is 36.5 Å². The average Bonchev–Trinajstić information content (AvgIpc) is 2.88. The Labute approximate surface area is 212 Å². The first kappa shape index (κ1) is 27.1. The lowest BCUT2D eigenvalue weighted by atomic mass is 10.0. The number of likely N-dealkylation sites (N-methyl/N-ethyl adjacent to an activating group) is 1. The van der Waals surface area contributed by atoms with Crippen LogP contribution in [0.2, 0.25) is 0 Å². The van der Waals surface area contributed by atoms with Crippen molar-refractivity contribution >= 4 is 23.4 Å². The van der Waals surface area contributed by atoms with Gasteiger partial charge in [0.25, 0.3) is 11.8 Å². The van der Waals surface area contributed by atoms with Crippen LogP contribution >= 0.6 is 0 Å². The predicted octanol–water partition coefficient (Wildman–Crippen LogP) is 2.86. The second kappa shape index (κ2) is 12.4. The van der Waals surface area contributed by atoms with E-state index in [9.17, 15) is 14.4 Å². The molecule has 0 aliphatic carbocycles. The van der Waals surface area contributed by atoms with Crippen LogP contribution in [-0.2, 0) is 9.53 Å². The van der Waals surface area contributed by atoms with E-state index in [1.807, 2.05) is 20.8 Å². The van der Waals surface area contributed by atoms with Crippen LogP contribution in [0.4, 0.5) is 5.69 Å². The molecule has 36 heavy (non-hydrogen) atoms. The molecule has 1 aromatic heterocycles. The van der Waals surface area contributed by atoms with Crippen LogP contribution in [0.15, 0.2) is 36.8 Å². The maximum Gasteiger partial charge on any atom is 0.274 e. The first-order valence-electron chi connectivity index (χ1n) is 12.2. The van der Waals surface area contributed by atoms with Crippen molar-refractivity contribution in [2.24, 2.45) is 5.92 Å². The molecule has 0 saturated heterocycles. The summed E-state index contributed by atoms with van der Waals surface area (Å²) < 4.78 is 11.8. The Morgan fingerprint density at radius 2 is 2.00 bits per heavy atom. The van der Waals surface area contributed by atoms with E-state index in [0.717, 1.165) is 6.42 Å². The number of hydrogen-bond donors (Lipinski definition) is 1. The van der Waals surface area contributed by atoms with Gasteiger partial charge in [0.1, 0.15) is 18.1 Å². The number of aromatic nitrogens is 2. The van der Waals surface area contributed by atoms with E-state index in [2.05, 4.69) is 15.3 Å². The Kier molecular flexibility index (Phi) is 9.35. The van der Waals surface area contributed by atoms with Crippen molar-refractivity contribution < 1.29 is 23.9 Å². The fourth-order valence-electron chi connectivity index (χ4n) is 4.14. The summed E-state index contributed by atoms with van der Waals surface area (Å²) in [4.78, 5) is 50.3. The third kappa shape index (κ3) is 6.57. The lowest BCUT2D eigenvalue weighted by Gasteiger charge is -2.35. The number of benzene rings is 1. The fraction of sp³-hybridized carbons (Fsp3) is 0.500. The van der Waals surface area contributed by atoms with Gasteiger partial charge < -0.3 is 24.6 Å². The van der Waals surface area contributed by atoms with Crippen molar-refractivity contribution in [3.05, 3.63) is 48.0 Å². The van der Waals surface area contributed by atoms with E-state index in [-0.39, 0.29) is 48.1 Å². The Morgan fingerprint density at radius 3 is 2.67 bits per heavy atom. The first-order valence-corrected chi connectivity index (χ1v) is 12.2. The second-order valence-electron chi connectivity index (χ2n) is 9.15. The quantitative estimate of drug-likeness (QED) is 0.676. The number of anilines is 1. The third-order valence-corrected chi connectivity index (χ3v) is 6.25. The summed E-state index contributed by atoms with van der Waals surface area (Å²) in [5, 5.41) is 2.84. The molecule has 194 valence electrons. The van der Waals surface area contributed by atoms with Gasteiger partial charge in [-0.15, -0.1) is 0 Å². The molecule has 2 heterocycles. The zero-order chi connectivity index (χ0) is 26.2. The summed E-state index contributed by atoms with van der Waals surface area (Å²) in [7, 11) is 3.31. The summed E-state index contributed by atoms with van der Waals surface area (Å²) in [6, 6.07) is 4.65. The fourth-order valence-corrected chi connectivity index (χ4v) is 4.14. The van der Waals surface area contributed by atoms with E-state index >= 15 is 0 Å². The molecule has 1 aliphatic heterocycles. The Bertz CT molecular complexity index is 1060. The predicted molar refractivity (Wildman–Crippen MR) is 135 cm³/mol. The topological polar surface area (TPSA) is 114 Å². The average molecular weight is 498 g/mol. The highest BCUT2D eigenvalue weighted by molar-refractivity contribution is 5.98. The number of methoxy groups -OCH3 is 1. The number of fused-ring (bicyclic) bond motifs is 1. The van der Waals surface area contributed by atoms with Crippen molar-refractivity contribution in [1.29, 1.82) is 0 Å². The van der Waals surface area contributed by atoms with Gasteiger partial charge in [0.15, 0.2) is 0 Å². The van der Waals surface area contributed by atoms with E-state index in [1.54, 1.807) is 42.2 Å². The van der Waals surface area contributed by atoms with Crippen LogP contribution in [0.5, 0.6) is 5.75 Å². The lowest BCUT2D eigenvalue weighted by Crippen LogP contribution is -2.48. The molecule has 1 aliphatic rings. The molecule has 10 nitrogen and oxygen atoms in total. The zero-order valence-electron chi connectivity index (χ0n) is 21.6. The molecular weight excluding hydrogens is 462 g/mol. The second-order valence-corrected chi connectivity index (χ2v) is 9.15. The van der Waals surface area contributed by atoms with Gasteiger partial charge >= 0.3 is 0 Å². The summed E-state index contributed by atoms with van der Waals surface area (Å²) >= 11 is 0. The van der Waals surface area contributed by atoms with Gasteiger partial charge in [-0.05, 0) is 25.5 Å². The summed E-state index contributed by atoms with van der Waals surface area (Å²) in [5.41, 5.74) is 1.15. The van der Waals surface area contributed by atoms with Crippen LogP contribution < -0.4 is 10.1 Å². The highest BCUT2D eigenvalue weighted by atomic mass is 16.5. The SMILES string of the molecule is CCCC(=O)Nc1ccc2c(c1)OC[C@@H](C)N(C(=O)c1cnccn1)C[C@@H](C)[C@H](OC)CN(C)C2=O. The molecule has 10 heteroatoms. The van der Waals surface area contributed by atoms with Gasteiger partial charge in [-0.25, -0.2) is 4.98 Å². The van der Waals surface area contributed by atoms with Crippen LogP contribution in [0.1, 0.15) is 54.5 Å². The minimum absolute atomic E-state index is 0.0802. The molecule has 0 unspecified atom stereocenters. The van der Waals surface area contributed by atoms with Gasteiger partial charge in [0.2, 0.25) is 5.91 Å². The van der Waals surface area contributed by atoms with Crippen LogP contribution in [0.25, 0.3) is 0 Å². The molecule has 3 amide bonds. The molecule has 0 spiro atoms. The van der Waals surface area contributed by atoms with Crippen molar-refractivity contribution in [1.82, 2.24) is 19.8 Å². The van der Waals surface area contributed by atoms with Crippen molar-refractivity contribution in [2.75, 3.05) is 39.2 Å². The molecule has 0 saturated carbocycles. The van der Waals surface area contributed by atoms with Gasteiger partial charge in [-0.1, -0.05) is 13.8 Å². The Morgan fingerprint density at radius 1 is 1.22 bits per heavy atom. The number of ether oxygens (including phenoxy) is 2. The highest BCUT2D eigenvalue weighted by Crippen LogP contribution is 2.27. The van der Waals surface area contributed by atoms with Crippen LogP contribution in [0, 0.1) is 5.92 Å². The molecule has 1 aromatic carbocycles.